The summed E-state index contributed by atoms with van der Waals surface area (Å²) in [7, 11) is 3.64. The van der Waals surface area contributed by atoms with Gasteiger partial charge in [0, 0.05) is 20.3 Å². The smallest absolute Gasteiger partial charge is 0.250 e. The lowest BCUT2D eigenvalue weighted by Gasteiger charge is -2.02. The van der Waals surface area contributed by atoms with Crippen molar-refractivity contribution in [3.8, 4) is 6.07 Å². The molecule has 0 fully saturated rings. The molecule has 0 aliphatic carbocycles. The maximum Gasteiger partial charge on any atom is 0.250 e. The van der Waals surface area contributed by atoms with Crippen LogP contribution in [0.3, 0.4) is 0 Å². The highest BCUT2D eigenvalue weighted by atomic mass is 15.0. The highest BCUT2D eigenvalue weighted by molar-refractivity contribution is 5.23. The molecule has 0 aliphatic rings. The fourth-order valence-electron chi connectivity index (χ4n) is 0.502. The van der Waals surface area contributed by atoms with Crippen LogP contribution < -0.4 is 0 Å². The van der Waals surface area contributed by atoms with Crippen LogP contribution >= 0.6 is 0 Å². The van der Waals surface area contributed by atoms with Gasteiger partial charge in [0.2, 0.25) is 0 Å². The SMILES string of the molecule is [C-]#[N+]CC(C#N)=CN(C)C. The number of nitriles is 1. The topological polar surface area (TPSA) is 31.4 Å². The molecule has 0 spiro atoms. The zero-order valence-corrected chi connectivity index (χ0v) is 6.13. The Kier molecular flexibility index (Phi) is 3.75. The quantitative estimate of drug-likeness (QED) is 0.415. The molecule has 0 amide bonds. The molecule has 0 N–H and O–H groups in total. The van der Waals surface area contributed by atoms with Crippen molar-refractivity contribution in [2.24, 2.45) is 0 Å². The predicted octanol–water partition coefficient (Wildman–Crippen LogP) is 0.875. The lowest BCUT2D eigenvalue weighted by molar-refractivity contribution is 0.560. The second-order valence-electron chi connectivity index (χ2n) is 2.05. The van der Waals surface area contributed by atoms with Crippen LogP contribution in [0.4, 0.5) is 0 Å². The van der Waals surface area contributed by atoms with E-state index in [0.29, 0.717) is 5.57 Å². The fraction of sp³-hybridized carbons (Fsp3) is 0.429. The first-order valence-corrected chi connectivity index (χ1v) is 2.81. The van der Waals surface area contributed by atoms with Gasteiger partial charge in [-0.25, -0.2) is 6.57 Å². The van der Waals surface area contributed by atoms with Crippen molar-refractivity contribution >= 4 is 0 Å². The summed E-state index contributed by atoms with van der Waals surface area (Å²) in [6.07, 6.45) is 1.65. The van der Waals surface area contributed by atoms with Gasteiger partial charge in [-0.05, 0) is 0 Å². The molecule has 0 aliphatic heterocycles. The minimum absolute atomic E-state index is 0.175. The molecule has 0 aromatic heterocycles. The molecule has 52 valence electrons. The summed E-state index contributed by atoms with van der Waals surface area (Å²) >= 11 is 0. The average molecular weight is 135 g/mol. The van der Waals surface area contributed by atoms with Crippen LogP contribution in [0.1, 0.15) is 0 Å². The van der Waals surface area contributed by atoms with E-state index in [9.17, 15) is 0 Å². The Hall–Kier alpha value is -1.48. The van der Waals surface area contributed by atoms with Crippen molar-refractivity contribution in [2.75, 3.05) is 20.6 Å². The van der Waals surface area contributed by atoms with Gasteiger partial charge in [0.15, 0.2) is 0 Å². The molecule has 10 heavy (non-hydrogen) atoms. The van der Waals surface area contributed by atoms with Gasteiger partial charge in [-0.3, -0.25) is 0 Å². The largest absolute Gasteiger partial charge is 0.382 e. The maximum absolute atomic E-state index is 8.42. The lowest BCUT2D eigenvalue weighted by atomic mass is 10.3. The Morgan fingerprint density at radius 1 is 1.80 bits per heavy atom. The predicted molar refractivity (Wildman–Crippen MR) is 38.9 cm³/mol. The highest BCUT2D eigenvalue weighted by Gasteiger charge is 1.96. The number of hydrogen-bond donors (Lipinski definition) is 0. The Balaban J connectivity index is 4.11. The molecule has 0 unspecified atom stereocenters. The Morgan fingerprint density at radius 3 is 2.70 bits per heavy atom. The van der Waals surface area contributed by atoms with Gasteiger partial charge in [0.05, 0.1) is 0 Å². The van der Waals surface area contributed by atoms with Crippen LogP contribution in [0.2, 0.25) is 0 Å². The van der Waals surface area contributed by atoms with E-state index in [1.165, 1.54) is 0 Å². The third-order valence-corrected chi connectivity index (χ3v) is 0.807. The van der Waals surface area contributed by atoms with Crippen molar-refractivity contribution in [3.05, 3.63) is 23.2 Å². The van der Waals surface area contributed by atoms with Crippen molar-refractivity contribution in [2.45, 2.75) is 0 Å². The minimum atomic E-state index is 0.175. The first-order chi connectivity index (χ1) is 4.70. The standard InChI is InChI=1S/C7H9N3/c1-9-5-7(4-8)6-10(2)3/h6H,5H2,2-3H3. The molecule has 0 bridgehead atoms. The van der Waals surface area contributed by atoms with E-state index >= 15 is 0 Å². The monoisotopic (exact) mass is 135 g/mol. The summed E-state index contributed by atoms with van der Waals surface area (Å²) < 4.78 is 0. The van der Waals surface area contributed by atoms with Gasteiger partial charge < -0.3 is 9.74 Å². The first-order valence-electron chi connectivity index (χ1n) is 2.81. The highest BCUT2D eigenvalue weighted by Crippen LogP contribution is 1.93. The Labute approximate surface area is 61.0 Å². The Morgan fingerprint density at radius 2 is 2.40 bits per heavy atom. The van der Waals surface area contributed by atoms with Gasteiger partial charge in [-0.2, -0.15) is 5.26 Å². The lowest BCUT2D eigenvalue weighted by Crippen LogP contribution is -2.03. The van der Waals surface area contributed by atoms with Crippen molar-refractivity contribution in [3.63, 3.8) is 0 Å². The molecule has 3 nitrogen and oxygen atoms in total. The van der Waals surface area contributed by atoms with Crippen LogP contribution in [-0.2, 0) is 0 Å². The van der Waals surface area contributed by atoms with E-state index < -0.39 is 0 Å². The van der Waals surface area contributed by atoms with E-state index in [1.54, 1.807) is 11.1 Å². The molecular formula is C7H9N3. The van der Waals surface area contributed by atoms with E-state index in [2.05, 4.69) is 4.85 Å². The zero-order chi connectivity index (χ0) is 7.98. The van der Waals surface area contributed by atoms with E-state index in [4.69, 9.17) is 11.8 Å². The van der Waals surface area contributed by atoms with Gasteiger partial charge >= 0.3 is 0 Å². The second kappa shape index (κ2) is 4.40. The summed E-state index contributed by atoms with van der Waals surface area (Å²) in [6.45, 7) is 6.67. The average Bonchev–Trinajstić information content (AvgIpc) is 1.86. The molecule has 0 saturated heterocycles. The van der Waals surface area contributed by atoms with E-state index in [0.717, 1.165) is 0 Å². The van der Waals surface area contributed by atoms with Crippen molar-refractivity contribution < 1.29 is 0 Å². The summed E-state index contributed by atoms with van der Waals surface area (Å²) in [6, 6.07) is 1.94. The van der Waals surface area contributed by atoms with Crippen LogP contribution in [0, 0.1) is 17.9 Å². The van der Waals surface area contributed by atoms with Crippen LogP contribution in [-0.4, -0.2) is 25.5 Å². The van der Waals surface area contributed by atoms with E-state index in [1.807, 2.05) is 20.2 Å². The molecule has 0 aromatic carbocycles. The maximum atomic E-state index is 8.42. The van der Waals surface area contributed by atoms with Crippen molar-refractivity contribution in [1.82, 2.24) is 4.90 Å². The van der Waals surface area contributed by atoms with Gasteiger partial charge in [0.1, 0.15) is 11.6 Å². The van der Waals surface area contributed by atoms with Gasteiger partial charge in [-0.15, -0.1) is 0 Å². The summed E-state index contributed by atoms with van der Waals surface area (Å²) in [5.74, 6) is 0. The van der Waals surface area contributed by atoms with Crippen molar-refractivity contribution in [1.29, 1.82) is 5.26 Å². The number of hydrogen-bond acceptors (Lipinski definition) is 2. The fourth-order valence-corrected chi connectivity index (χ4v) is 0.502. The molecule has 0 heterocycles. The van der Waals surface area contributed by atoms with E-state index in [-0.39, 0.29) is 6.54 Å². The summed E-state index contributed by atoms with van der Waals surface area (Å²) in [5, 5.41) is 8.42. The number of rotatable bonds is 2. The number of nitrogens with zero attached hydrogens (tertiary/aromatic N) is 3. The second-order valence-corrected chi connectivity index (χ2v) is 2.05. The van der Waals surface area contributed by atoms with Crippen LogP contribution in [0.15, 0.2) is 11.8 Å². The molecule has 0 rings (SSSR count). The first kappa shape index (κ1) is 8.52. The normalized spacial score (nSPS) is 9.80. The summed E-state index contributed by atoms with van der Waals surface area (Å²) in [4.78, 5) is 4.85. The molecule has 0 saturated carbocycles. The summed E-state index contributed by atoms with van der Waals surface area (Å²) in [5.41, 5.74) is 0.500. The Bertz CT molecular complexity index is 202. The third-order valence-electron chi connectivity index (χ3n) is 0.807. The molecule has 0 aromatic rings. The molecule has 0 radical (unpaired) electrons. The molecule has 3 heteroatoms. The minimum Gasteiger partial charge on any atom is -0.382 e. The third kappa shape index (κ3) is 3.51. The van der Waals surface area contributed by atoms with Gasteiger partial charge in [-0.1, -0.05) is 0 Å². The zero-order valence-electron chi connectivity index (χ0n) is 6.13. The molecular weight excluding hydrogens is 126 g/mol. The van der Waals surface area contributed by atoms with Crippen LogP contribution in [0.5, 0.6) is 0 Å². The van der Waals surface area contributed by atoms with Crippen LogP contribution in [0.25, 0.3) is 4.85 Å². The van der Waals surface area contributed by atoms with Gasteiger partial charge in [0.25, 0.3) is 6.54 Å². The molecule has 0 atom stereocenters.